The van der Waals surface area contributed by atoms with Crippen molar-refractivity contribution in [3.8, 4) is 11.5 Å². The Morgan fingerprint density at radius 2 is 1.65 bits per heavy atom. The number of benzene rings is 2. The van der Waals surface area contributed by atoms with Crippen molar-refractivity contribution >= 4 is 11.6 Å². The van der Waals surface area contributed by atoms with E-state index >= 15 is 0 Å². The van der Waals surface area contributed by atoms with E-state index in [-0.39, 0.29) is 5.91 Å². The minimum Gasteiger partial charge on any atom is -0.493 e. The van der Waals surface area contributed by atoms with Gasteiger partial charge in [0.1, 0.15) is 0 Å². The highest BCUT2D eigenvalue weighted by molar-refractivity contribution is 5.92. The monoisotopic (exact) mass is 313 g/mol. The van der Waals surface area contributed by atoms with E-state index in [1.165, 1.54) is 0 Å². The number of hydrogen-bond acceptors (Lipinski definition) is 3. The molecule has 4 heteroatoms. The summed E-state index contributed by atoms with van der Waals surface area (Å²) in [5.74, 6) is 1.41. The lowest BCUT2D eigenvalue weighted by Gasteiger charge is -2.12. The maximum absolute atomic E-state index is 12.1. The van der Waals surface area contributed by atoms with Gasteiger partial charge in [0, 0.05) is 12.1 Å². The molecule has 0 bridgehead atoms. The summed E-state index contributed by atoms with van der Waals surface area (Å²) in [6.45, 7) is 4.46. The maximum atomic E-state index is 12.1. The molecule has 0 radical (unpaired) electrons. The Labute approximate surface area is 137 Å². The number of para-hydroxylation sites is 3. The Kier molecular flexibility index (Phi) is 6.03. The quantitative estimate of drug-likeness (QED) is 0.783. The lowest BCUT2D eigenvalue weighted by atomic mass is 10.1. The Bertz CT molecular complexity index is 647. The molecule has 0 aliphatic rings. The standard InChI is InChI=1S/C19H23NO3/c1-14-8-6-9-15(2)19(14)20-18(21)12-7-13-23-17-11-5-4-10-16(17)22-3/h4-6,8-11H,7,12-13H2,1-3H3,(H,20,21). The fourth-order valence-electron chi connectivity index (χ4n) is 2.37. The van der Waals surface area contributed by atoms with Crippen molar-refractivity contribution < 1.29 is 14.3 Å². The molecular weight excluding hydrogens is 290 g/mol. The second-order valence-electron chi connectivity index (χ2n) is 5.42. The van der Waals surface area contributed by atoms with Gasteiger partial charge in [-0.2, -0.15) is 0 Å². The van der Waals surface area contributed by atoms with Gasteiger partial charge in [0.05, 0.1) is 13.7 Å². The molecule has 4 nitrogen and oxygen atoms in total. The van der Waals surface area contributed by atoms with Gasteiger partial charge in [-0.05, 0) is 43.5 Å². The molecule has 2 aromatic carbocycles. The topological polar surface area (TPSA) is 47.6 Å². The molecule has 2 rings (SSSR count). The van der Waals surface area contributed by atoms with Crippen LogP contribution in [0.25, 0.3) is 0 Å². The van der Waals surface area contributed by atoms with Crippen LogP contribution in [-0.4, -0.2) is 19.6 Å². The summed E-state index contributed by atoms with van der Waals surface area (Å²) in [7, 11) is 1.61. The van der Waals surface area contributed by atoms with Crippen LogP contribution in [0.5, 0.6) is 11.5 Å². The molecule has 0 spiro atoms. The van der Waals surface area contributed by atoms with Gasteiger partial charge in [0.15, 0.2) is 11.5 Å². The third kappa shape index (κ3) is 4.74. The number of nitrogens with one attached hydrogen (secondary N) is 1. The molecule has 0 saturated heterocycles. The number of rotatable bonds is 7. The fourth-order valence-corrected chi connectivity index (χ4v) is 2.37. The SMILES string of the molecule is COc1ccccc1OCCCC(=O)Nc1c(C)cccc1C. The van der Waals surface area contributed by atoms with E-state index in [0.717, 1.165) is 16.8 Å². The van der Waals surface area contributed by atoms with Crippen LogP contribution in [0.15, 0.2) is 42.5 Å². The van der Waals surface area contributed by atoms with Crippen LogP contribution in [0, 0.1) is 13.8 Å². The van der Waals surface area contributed by atoms with Gasteiger partial charge in [0.2, 0.25) is 5.91 Å². The molecule has 0 aliphatic carbocycles. The number of aryl methyl sites for hydroxylation is 2. The summed E-state index contributed by atoms with van der Waals surface area (Å²) in [6.07, 6.45) is 1.07. The second-order valence-corrected chi connectivity index (χ2v) is 5.42. The Balaban J connectivity index is 1.79. The van der Waals surface area contributed by atoms with E-state index in [1.807, 2.05) is 56.3 Å². The Hall–Kier alpha value is -2.49. The van der Waals surface area contributed by atoms with Gasteiger partial charge in [-0.15, -0.1) is 0 Å². The highest BCUT2D eigenvalue weighted by Gasteiger charge is 2.08. The van der Waals surface area contributed by atoms with Gasteiger partial charge in [0.25, 0.3) is 0 Å². The largest absolute Gasteiger partial charge is 0.493 e. The number of carbonyl (C=O) groups excluding carboxylic acids is 1. The normalized spacial score (nSPS) is 10.2. The predicted octanol–water partition coefficient (Wildman–Crippen LogP) is 4.11. The first-order valence-corrected chi connectivity index (χ1v) is 7.73. The Morgan fingerprint density at radius 1 is 1.00 bits per heavy atom. The van der Waals surface area contributed by atoms with Crippen LogP contribution in [0.3, 0.4) is 0 Å². The third-order valence-electron chi connectivity index (χ3n) is 3.62. The van der Waals surface area contributed by atoms with Gasteiger partial charge < -0.3 is 14.8 Å². The summed E-state index contributed by atoms with van der Waals surface area (Å²) >= 11 is 0. The lowest BCUT2D eigenvalue weighted by Crippen LogP contribution is -2.14. The summed E-state index contributed by atoms with van der Waals surface area (Å²) in [5, 5.41) is 2.98. The molecule has 2 aromatic rings. The molecule has 0 unspecified atom stereocenters. The van der Waals surface area contributed by atoms with Crippen LogP contribution in [0.4, 0.5) is 5.69 Å². The molecule has 1 N–H and O–H groups in total. The number of hydrogen-bond donors (Lipinski definition) is 1. The van der Waals surface area contributed by atoms with E-state index in [2.05, 4.69) is 5.32 Å². The molecule has 0 saturated carbocycles. The summed E-state index contributed by atoms with van der Waals surface area (Å²) < 4.78 is 10.9. The van der Waals surface area contributed by atoms with Crippen molar-refractivity contribution in [2.45, 2.75) is 26.7 Å². The van der Waals surface area contributed by atoms with Crippen LogP contribution >= 0.6 is 0 Å². The fraction of sp³-hybridized carbons (Fsp3) is 0.316. The molecule has 0 heterocycles. The van der Waals surface area contributed by atoms with Crippen LogP contribution in [0.1, 0.15) is 24.0 Å². The van der Waals surface area contributed by atoms with E-state index in [1.54, 1.807) is 7.11 Å². The summed E-state index contributed by atoms with van der Waals surface area (Å²) in [6, 6.07) is 13.5. The molecule has 0 fully saturated rings. The minimum absolute atomic E-state index is 0.00558. The molecule has 23 heavy (non-hydrogen) atoms. The number of methoxy groups -OCH3 is 1. The first kappa shape index (κ1) is 16.9. The zero-order chi connectivity index (χ0) is 16.7. The predicted molar refractivity (Wildman–Crippen MR) is 92.3 cm³/mol. The molecule has 122 valence electrons. The molecule has 0 aromatic heterocycles. The van der Waals surface area contributed by atoms with Crippen LogP contribution < -0.4 is 14.8 Å². The van der Waals surface area contributed by atoms with Crippen molar-refractivity contribution in [2.75, 3.05) is 19.0 Å². The van der Waals surface area contributed by atoms with Gasteiger partial charge >= 0.3 is 0 Å². The maximum Gasteiger partial charge on any atom is 0.224 e. The van der Waals surface area contributed by atoms with E-state index in [9.17, 15) is 4.79 Å². The number of carbonyl (C=O) groups is 1. The van der Waals surface area contributed by atoms with Crippen LogP contribution in [-0.2, 0) is 4.79 Å². The number of ether oxygens (including phenoxy) is 2. The van der Waals surface area contributed by atoms with Gasteiger partial charge in [-0.25, -0.2) is 0 Å². The average molecular weight is 313 g/mol. The first-order chi connectivity index (χ1) is 11.1. The van der Waals surface area contributed by atoms with E-state index < -0.39 is 0 Å². The summed E-state index contributed by atoms with van der Waals surface area (Å²) in [4.78, 5) is 12.1. The van der Waals surface area contributed by atoms with Crippen molar-refractivity contribution in [3.05, 3.63) is 53.6 Å². The molecular formula is C19H23NO3. The van der Waals surface area contributed by atoms with Crippen molar-refractivity contribution in [3.63, 3.8) is 0 Å². The zero-order valence-electron chi connectivity index (χ0n) is 13.9. The van der Waals surface area contributed by atoms with Gasteiger partial charge in [-0.3, -0.25) is 4.79 Å². The lowest BCUT2D eigenvalue weighted by molar-refractivity contribution is -0.116. The highest BCUT2D eigenvalue weighted by atomic mass is 16.5. The summed E-state index contributed by atoms with van der Waals surface area (Å²) in [5.41, 5.74) is 3.05. The van der Waals surface area contributed by atoms with Gasteiger partial charge in [-0.1, -0.05) is 30.3 Å². The number of amides is 1. The average Bonchev–Trinajstić information content (AvgIpc) is 2.55. The minimum atomic E-state index is 0.00558. The van der Waals surface area contributed by atoms with Crippen molar-refractivity contribution in [2.24, 2.45) is 0 Å². The third-order valence-corrected chi connectivity index (χ3v) is 3.62. The smallest absolute Gasteiger partial charge is 0.224 e. The van der Waals surface area contributed by atoms with E-state index in [0.29, 0.717) is 30.9 Å². The van der Waals surface area contributed by atoms with Crippen molar-refractivity contribution in [1.82, 2.24) is 0 Å². The molecule has 1 amide bonds. The Morgan fingerprint density at radius 3 is 2.30 bits per heavy atom. The second kappa shape index (κ2) is 8.22. The van der Waals surface area contributed by atoms with Crippen LogP contribution in [0.2, 0.25) is 0 Å². The van der Waals surface area contributed by atoms with E-state index in [4.69, 9.17) is 9.47 Å². The zero-order valence-corrected chi connectivity index (χ0v) is 13.9. The first-order valence-electron chi connectivity index (χ1n) is 7.73. The number of anilines is 1. The van der Waals surface area contributed by atoms with Crippen molar-refractivity contribution in [1.29, 1.82) is 0 Å². The highest BCUT2D eigenvalue weighted by Crippen LogP contribution is 2.26. The molecule has 0 aliphatic heterocycles. The molecule has 0 atom stereocenters.